The van der Waals surface area contributed by atoms with Gasteiger partial charge in [-0.2, -0.15) is 0 Å². The van der Waals surface area contributed by atoms with Gasteiger partial charge in [0, 0.05) is 4.90 Å². The van der Waals surface area contributed by atoms with Gasteiger partial charge in [0.25, 0.3) is 0 Å². The highest BCUT2D eigenvalue weighted by Crippen LogP contribution is 2.11. The second kappa shape index (κ2) is 5.06. The minimum atomic E-state index is 0.725. The number of hydrogen-bond donors (Lipinski definition) is 2. The summed E-state index contributed by atoms with van der Waals surface area (Å²) in [4.78, 5) is 6.09. The first-order chi connectivity index (χ1) is 5.83. The Hall–Kier alpha value is -0.670. The third-order valence-electron chi connectivity index (χ3n) is 1.36. The zero-order chi connectivity index (χ0) is 8.81. The summed E-state index contributed by atoms with van der Waals surface area (Å²) in [5.74, 6) is 0. The Kier molecular flexibility index (Phi) is 3.97. The van der Waals surface area contributed by atoms with Crippen molar-refractivity contribution < 1.29 is 4.84 Å². The van der Waals surface area contributed by atoms with Gasteiger partial charge in [-0.25, -0.2) is 0 Å². The minimum Gasteiger partial charge on any atom is -0.276 e. The van der Waals surface area contributed by atoms with Crippen molar-refractivity contribution in [3.63, 3.8) is 0 Å². The van der Waals surface area contributed by atoms with Crippen molar-refractivity contribution in [3.05, 3.63) is 24.3 Å². The Balaban J connectivity index is 2.37. The maximum Gasteiger partial charge on any atom is 0.0743 e. The standard InChI is InChI=1S/C9H13NOS/c1-2-7-11-10-8-3-5-9(12)6-4-8/h3-6,10,12H,2,7H2,1H3. The number of rotatable bonds is 4. The Morgan fingerprint density at radius 2 is 2.00 bits per heavy atom. The smallest absolute Gasteiger partial charge is 0.0743 e. The lowest BCUT2D eigenvalue weighted by molar-refractivity contribution is 0.194. The fourth-order valence-electron chi connectivity index (χ4n) is 0.766. The van der Waals surface area contributed by atoms with Gasteiger partial charge >= 0.3 is 0 Å². The van der Waals surface area contributed by atoms with Crippen LogP contribution in [0.3, 0.4) is 0 Å². The third kappa shape index (κ3) is 3.15. The lowest BCUT2D eigenvalue weighted by Gasteiger charge is -2.05. The Labute approximate surface area is 78.3 Å². The van der Waals surface area contributed by atoms with E-state index in [-0.39, 0.29) is 0 Å². The molecule has 0 bridgehead atoms. The average molecular weight is 183 g/mol. The molecule has 1 aromatic rings. The van der Waals surface area contributed by atoms with Crippen LogP contribution in [0.25, 0.3) is 0 Å². The van der Waals surface area contributed by atoms with E-state index in [0.717, 1.165) is 23.6 Å². The molecule has 0 unspecified atom stereocenters. The molecule has 66 valence electrons. The highest BCUT2D eigenvalue weighted by molar-refractivity contribution is 7.80. The van der Waals surface area contributed by atoms with Gasteiger partial charge in [0.1, 0.15) is 0 Å². The third-order valence-corrected chi connectivity index (χ3v) is 1.66. The van der Waals surface area contributed by atoms with Gasteiger partial charge in [0.2, 0.25) is 0 Å². The molecule has 3 heteroatoms. The molecular formula is C9H13NOS. The summed E-state index contributed by atoms with van der Waals surface area (Å²) in [5, 5.41) is 0. The van der Waals surface area contributed by atoms with Crippen LogP contribution in [0.2, 0.25) is 0 Å². The summed E-state index contributed by atoms with van der Waals surface area (Å²) in [6.07, 6.45) is 1.01. The van der Waals surface area contributed by atoms with Crippen LogP contribution in [0.4, 0.5) is 5.69 Å². The molecule has 1 N–H and O–H groups in total. The van der Waals surface area contributed by atoms with Crippen LogP contribution in [0.5, 0.6) is 0 Å². The molecule has 0 atom stereocenters. The zero-order valence-corrected chi connectivity index (χ0v) is 7.97. The van der Waals surface area contributed by atoms with E-state index in [4.69, 9.17) is 4.84 Å². The molecular weight excluding hydrogens is 170 g/mol. The van der Waals surface area contributed by atoms with Gasteiger partial charge in [-0.3, -0.25) is 10.3 Å². The highest BCUT2D eigenvalue weighted by Gasteiger charge is 1.89. The molecule has 0 aromatic heterocycles. The van der Waals surface area contributed by atoms with Gasteiger partial charge in [-0.1, -0.05) is 6.92 Å². The Morgan fingerprint density at radius 3 is 2.58 bits per heavy atom. The number of hydrogen-bond acceptors (Lipinski definition) is 3. The summed E-state index contributed by atoms with van der Waals surface area (Å²) in [5.41, 5.74) is 3.80. The summed E-state index contributed by atoms with van der Waals surface area (Å²) >= 11 is 4.17. The number of thiol groups is 1. The lowest BCUT2D eigenvalue weighted by Crippen LogP contribution is -2.01. The second-order valence-electron chi connectivity index (χ2n) is 2.50. The van der Waals surface area contributed by atoms with Crippen molar-refractivity contribution in [3.8, 4) is 0 Å². The molecule has 0 aliphatic heterocycles. The van der Waals surface area contributed by atoms with Crippen LogP contribution < -0.4 is 5.48 Å². The zero-order valence-electron chi connectivity index (χ0n) is 7.08. The van der Waals surface area contributed by atoms with Crippen LogP contribution in [-0.2, 0) is 4.84 Å². The molecule has 0 saturated carbocycles. The van der Waals surface area contributed by atoms with Crippen LogP contribution in [-0.4, -0.2) is 6.61 Å². The molecule has 12 heavy (non-hydrogen) atoms. The molecule has 0 aliphatic carbocycles. The van der Waals surface area contributed by atoms with Crippen molar-refractivity contribution in [2.45, 2.75) is 18.2 Å². The average Bonchev–Trinajstić information content (AvgIpc) is 2.09. The molecule has 0 spiro atoms. The van der Waals surface area contributed by atoms with E-state index < -0.39 is 0 Å². The molecule has 0 aliphatic rings. The van der Waals surface area contributed by atoms with Crippen molar-refractivity contribution >= 4 is 18.3 Å². The summed E-state index contributed by atoms with van der Waals surface area (Å²) in [6, 6.07) is 7.69. The first-order valence-corrected chi connectivity index (χ1v) is 4.44. The SMILES string of the molecule is CCCONc1ccc(S)cc1. The van der Waals surface area contributed by atoms with E-state index in [1.807, 2.05) is 24.3 Å². The van der Waals surface area contributed by atoms with Crippen molar-refractivity contribution in [2.75, 3.05) is 12.1 Å². The number of nitrogens with one attached hydrogen (secondary N) is 1. The van der Waals surface area contributed by atoms with Crippen LogP contribution in [0, 0.1) is 0 Å². The Morgan fingerprint density at radius 1 is 1.33 bits per heavy atom. The van der Waals surface area contributed by atoms with E-state index >= 15 is 0 Å². The van der Waals surface area contributed by atoms with Crippen LogP contribution in [0.15, 0.2) is 29.2 Å². The van der Waals surface area contributed by atoms with E-state index in [2.05, 4.69) is 25.0 Å². The Bertz CT molecular complexity index is 222. The lowest BCUT2D eigenvalue weighted by atomic mass is 10.3. The van der Waals surface area contributed by atoms with Crippen molar-refractivity contribution in [1.82, 2.24) is 0 Å². The quantitative estimate of drug-likeness (QED) is 0.425. The number of benzene rings is 1. The second-order valence-corrected chi connectivity index (χ2v) is 3.01. The largest absolute Gasteiger partial charge is 0.276 e. The normalized spacial score (nSPS) is 9.83. The van der Waals surface area contributed by atoms with E-state index in [0.29, 0.717) is 0 Å². The van der Waals surface area contributed by atoms with Crippen LogP contribution >= 0.6 is 12.6 Å². The molecule has 0 radical (unpaired) electrons. The van der Waals surface area contributed by atoms with E-state index in [9.17, 15) is 0 Å². The maximum absolute atomic E-state index is 5.13. The molecule has 2 nitrogen and oxygen atoms in total. The topological polar surface area (TPSA) is 21.3 Å². The summed E-state index contributed by atoms with van der Waals surface area (Å²) < 4.78 is 0. The number of anilines is 1. The maximum atomic E-state index is 5.13. The van der Waals surface area contributed by atoms with Gasteiger partial charge in [-0.15, -0.1) is 12.6 Å². The molecule has 0 fully saturated rings. The molecule has 1 aromatic carbocycles. The van der Waals surface area contributed by atoms with Crippen molar-refractivity contribution in [1.29, 1.82) is 0 Å². The van der Waals surface area contributed by atoms with Crippen LogP contribution in [0.1, 0.15) is 13.3 Å². The molecule has 0 saturated heterocycles. The monoisotopic (exact) mass is 183 g/mol. The minimum absolute atomic E-state index is 0.725. The van der Waals surface area contributed by atoms with Crippen molar-refractivity contribution in [2.24, 2.45) is 0 Å². The fraction of sp³-hybridized carbons (Fsp3) is 0.333. The molecule has 0 amide bonds. The van der Waals surface area contributed by atoms with Gasteiger partial charge in [-0.05, 0) is 30.7 Å². The van der Waals surface area contributed by atoms with Gasteiger partial charge < -0.3 is 0 Å². The van der Waals surface area contributed by atoms with Gasteiger partial charge in [0.15, 0.2) is 0 Å². The fourth-order valence-corrected chi connectivity index (χ4v) is 0.915. The predicted molar refractivity (Wildman–Crippen MR) is 53.6 cm³/mol. The first kappa shape index (κ1) is 9.42. The summed E-state index contributed by atoms with van der Waals surface area (Å²) in [7, 11) is 0. The summed E-state index contributed by atoms with van der Waals surface area (Å²) in [6.45, 7) is 2.79. The van der Waals surface area contributed by atoms with Gasteiger partial charge in [0.05, 0.1) is 12.3 Å². The molecule has 0 heterocycles. The predicted octanol–water partition coefficient (Wildman–Crippen LogP) is 2.73. The molecule has 1 rings (SSSR count). The first-order valence-electron chi connectivity index (χ1n) is 3.99. The van der Waals surface area contributed by atoms with E-state index in [1.165, 1.54) is 0 Å². The van der Waals surface area contributed by atoms with E-state index in [1.54, 1.807) is 0 Å². The highest BCUT2D eigenvalue weighted by atomic mass is 32.1.